The molecule has 0 bridgehead atoms. The summed E-state index contributed by atoms with van der Waals surface area (Å²) in [6, 6.07) is 9.33. The fourth-order valence-corrected chi connectivity index (χ4v) is 2.37. The van der Waals surface area contributed by atoms with Crippen molar-refractivity contribution < 1.29 is 27.4 Å². The van der Waals surface area contributed by atoms with Gasteiger partial charge in [0, 0.05) is 13.1 Å². The van der Waals surface area contributed by atoms with Gasteiger partial charge in [-0.05, 0) is 24.3 Å². The number of hydrogen-bond acceptors (Lipinski definition) is 3. The summed E-state index contributed by atoms with van der Waals surface area (Å²) in [6.45, 7) is -0.987. The predicted octanol–water partition coefficient (Wildman–Crippen LogP) is 3.61. The van der Waals surface area contributed by atoms with Gasteiger partial charge in [-0.2, -0.15) is 8.78 Å². The molecule has 23 heavy (non-hydrogen) atoms. The van der Waals surface area contributed by atoms with Gasteiger partial charge in [-0.25, -0.2) is 9.18 Å². The number of alkyl halides is 3. The molecule has 0 spiro atoms. The minimum absolute atomic E-state index is 0.106. The van der Waals surface area contributed by atoms with Crippen molar-refractivity contribution in [2.45, 2.75) is 25.6 Å². The molecular formula is C16H20F3NO3. The van der Waals surface area contributed by atoms with Crippen molar-refractivity contribution in [1.29, 1.82) is 0 Å². The third kappa shape index (κ3) is 5.74. The van der Waals surface area contributed by atoms with Crippen LogP contribution in [0.15, 0.2) is 30.3 Å². The van der Waals surface area contributed by atoms with Gasteiger partial charge in [0.25, 0.3) is 0 Å². The van der Waals surface area contributed by atoms with Crippen molar-refractivity contribution in [3.63, 3.8) is 0 Å². The van der Waals surface area contributed by atoms with Crippen molar-refractivity contribution in [2.24, 2.45) is 5.92 Å². The topological polar surface area (TPSA) is 38.8 Å². The molecule has 0 aromatic heterocycles. The first-order chi connectivity index (χ1) is 11.0. The summed E-state index contributed by atoms with van der Waals surface area (Å²) in [5.74, 6) is -0.106. The lowest BCUT2D eigenvalue weighted by molar-refractivity contribution is -0.252. The second-order valence-corrected chi connectivity index (χ2v) is 5.55. The lowest BCUT2D eigenvalue weighted by Crippen LogP contribution is -2.40. The van der Waals surface area contributed by atoms with E-state index >= 15 is 0 Å². The Bertz CT molecular complexity index is 491. The smallest absolute Gasteiger partial charge is 0.410 e. The monoisotopic (exact) mass is 331 g/mol. The maximum atomic E-state index is 12.7. The Balaban J connectivity index is 1.68. The summed E-state index contributed by atoms with van der Waals surface area (Å²) in [6.07, 6.45) is -3.07. The molecular weight excluding hydrogens is 311 g/mol. The van der Waals surface area contributed by atoms with Crippen LogP contribution in [0.2, 0.25) is 0 Å². The molecule has 1 amide bonds. The van der Waals surface area contributed by atoms with Crippen molar-refractivity contribution in [3.05, 3.63) is 35.9 Å². The van der Waals surface area contributed by atoms with Crippen molar-refractivity contribution >= 4 is 6.09 Å². The van der Waals surface area contributed by atoms with E-state index < -0.39 is 18.9 Å². The lowest BCUT2D eigenvalue weighted by Gasteiger charge is -2.31. The highest BCUT2D eigenvalue weighted by molar-refractivity contribution is 5.67. The van der Waals surface area contributed by atoms with Gasteiger partial charge in [0.15, 0.2) is 6.67 Å². The first kappa shape index (κ1) is 17.6. The Morgan fingerprint density at radius 2 is 1.87 bits per heavy atom. The summed E-state index contributed by atoms with van der Waals surface area (Å²) >= 11 is 0. The molecule has 4 nitrogen and oxygen atoms in total. The summed E-state index contributed by atoms with van der Waals surface area (Å²) < 4.78 is 46.9. The largest absolute Gasteiger partial charge is 0.445 e. The van der Waals surface area contributed by atoms with Crippen LogP contribution in [0.4, 0.5) is 18.0 Å². The second kappa shape index (κ2) is 8.19. The van der Waals surface area contributed by atoms with Crippen LogP contribution in [-0.4, -0.2) is 43.5 Å². The highest BCUT2D eigenvalue weighted by atomic mass is 19.3. The molecule has 0 radical (unpaired) electrons. The van der Waals surface area contributed by atoms with Gasteiger partial charge in [-0.1, -0.05) is 30.3 Å². The molecule has 128 valence electrons. The van der Waals surface area contributed by atoms with Gasteiger partial charge in [0.2, 0.25) is 0 Å². The molecule has 7 heteroatoms. The number of amides is 1. The van der Waals surface area contributed by atoms with Crippen LogP contribution in [0.5, 0.6) is 0 Å². The van der Waals surface area contributed by atoms with Gasteiger partial charge < -0.3 is 14.4 Å². The summed E-state index contributed by atoms with van der Waals surface area (Å²) in [5, 5.41) is 0. The molecule has 1 heterocycles. The molecule has 1 aliphatic rings. The average molecular weight is 331 g/mol. The van der Waals surface area contributed by atoms with Crippen LogP contribution in [0, 0.1) is 5.92 Å². The van der Waals surface area contributed by atoms with Crippen LogP contribution in [-0.2, 0) is 16.1 Å². The SMILES string of the molecule is O=C(OCc1ccccc1)N1CCC(COC(F)(F)CF)CC1. The minimum Gasteiger partial charge on any atom is -0.445 e. The molecule has 2 rings (SSSR count). The van der Waals surface area contributed by atoms with Crippen molar-refractivity contribution in [2.75, 3.05) is 26.4 Å². The highest BCUT2D eigenvalue weighted by Gasteiger charge is 2.32. The van der Waals surface area contributed by atoms with Gasteiger partial charge in [0.1, 0.15) is 6.61 Å². The van der Waals surface area contributed by atoms with Crippen LogP contribution in [0.1, 0.15) is 18.4 Å². The molecule has 1 aliphatic heterocycles. The molecule has 0 saturated carbocycles. The predicted molar refractivity (Wildman–Crippen MR) is 77.8 cm³/mol. The van der Waals surface area contributed by atoms with Gasteiger partial charge in [-0.15, -0.1) is 0 Å². The molecule has 1 saturated heterocycles. The van der Waals surface area contributed by atoms with E-state index in [-0.39, 0.29) is 19.1 Å². The average Bonchev–Trinajstić information content (AvgIpc) is 2.59. The maximum Gasteiger partial charge on any atom is 0.410 e. The van der Waals surface area contributed by atoms with Gasteiger partial charge in [-0.3, -0.25) is 0 Å². The van der Waals surface area contributed by atoms with E-state index in [0.29, 0.717) is 25.9 Å². The fraction of sp³-hybridized carbons (Fsp3) is 0.562. The molecule has 1 aromatic carbocycles. The number of ether oxygens (including phenoxy) is 2. The first-order valence-corrected chi connectivity index (χ1v) is 7.53. The third-order valence-corrected chi connectivity index (χ3v) is 3.76. The number of carbonyl (C=O) groups is 1. The Morgan fingerprint density at radius 1 is 1.22 bits per heavy atom. The minimum atomic E-state index is -3.72. The van der Waals surface area contributed by atoms with Crippen molar-refractivity contribution in [3.8, 4) is 0 Å². The first-order valence-electron chi connectivity index (χ1n) is 7.53. The second-order valence-electron chi connectivity index (χ2n) is 5.55. The van der Waals surface area contributed by atoms with Crippen LogP contribution >= 0.6 is 0 Å². The van der Waals surface area contributed by atoms with E-state index in [9.17, 15) is 18.0 Å². The van der Waals surface area contributed by atoms with E-state index in [4.69, 9.17) is 4.74 Å². The Morgan fingerprint density at radius 3 is 2.48 bits per heavy atom. The zero-order valence-corrected chi connectivity index (χ0v) is 12.7. The van der Waals surface area contributed by atoms with Crippen LogP contribution in [0.25, 0.3) is 0 Å². The number of halogens is 3. The molecule has 0 atom stereocenters. The number of hydrogen-bond donors (Lipinski definition) is 0. The van der Waals surface area contributed by atoms with E-state index in [1.807, 2.05) is 30.3 Å². The number of rotatable bonds is 6. The molecule has 0 aliphatic carbocycles. The quantitative estimate of drug-likeness (QED) is 0.799. The van der Waals surface area contributed by atoms with Crippen molar-refractivity contribution in [1.82, 2.24) is 4.90 Å². The Kier molecular flexibility index (Phi) is 6.27. The molecule has 0 unspecified atom stereocenters. The van der Waals surface area contributed by atoms with Gasteiger partial charge >= 0.3 is 12.2 Å². The fourth-order valence-electron chi connectivity index (χ4n) is 2.37. The van der Waals surface area contributed by atoms with E-state index in [2.05, 4.69) is 4.74 Å². The van der Waals surface area contributed by atoms with E-state index in [1.54, 1.807) is 4.90 Å². The summed E-state index contributed by atoms with van der Waals surface area (Å²) in [4.78, 5) is 13.5. The third-order valence-electron chi connectivity index (χ3n) is 3.76. The van der Waals surface area contributed by atoms with Crippen LogP contribution < -0.4 is 0 Å². The lowest BCUT2D eigenvalue weighted by atomic mass is 9.98. The zero-order valence-electron chi connectivity index (χ0n) is 12.7. The molecule has 0 N–H and O–H groups in total. The normalized spacial score (nSPS) is 16.4. The maximum absolute atomic E-state index is 12.7. The highest BCUT2D eigenvalue weighted by Crippen LogP contribution is 2.23. The van der Waals surface area contributed by atoms with E-state index in [1.165, 1.54) is 0 Å². The zero-order chi connectivity index (χ0) is 16.7. The molecule has 1 fully saturated rings. The Hall–Kier alpha value is -1.76. The number of carbonyl (C=O) groups excluding carboxylic acids is 1. The number of piperidine rings is 1. The number of benzene rings is 1. The molecule has 1 aromatic rings. The number of nitrogens with zero attached hydrogens (tertiary/aromatic N) is 1. The summed E-state index contributed by atoms with van der Waals surface area (Å²) in [7, 11) is 0. The van der Waals surface area contributed by atoms with E-state index in [0.717, 1.165) is 5.56 Å². The Labute approximate surface area is 133 Å². The van der Waals surface area contributed by atoms with Crippen LogP contribution in [0.3, 0.4) is 0 Å². The summed E-state index contributed by atoms with van der Waals surface area (Å²) in [5.41, 5.74) is 0.901. The standard InChI is InChI=1S/C16H20F3NO3/c17-12-16(18,19)23-11-14-6-8-20(9-7-14)15(21)22-10-13-4-2-1-3-5-13/h1-5,14H,6-12H2. The number of likely N-dealkylation sites (tertiary alicyclic amines) is 1. The van der Waals surface area contributed by atoms with Gasteiger partial charge in [0.05, 0.1) is 6.61 Å².